The summed E-state index contributed by atoms with van der Waals surface area (Å²) in [6, 6.07) is 14.0. The van der Waals surface area contributed by atoms with Crippen molar-refractivity contribution in [2.45, 2.75) is 19.9 Å². The summed E-state index contributed by atoms with van der Waals surface area (Å²) in [6.45, 7) is 4.09. The smallest absolute Gasteiger partial charge is 0.0666 e. The van der Waals surface area contributed by atoms with E-state index in [1.165, 1.54) is 0 Å². The standard InChI is InChI=1S/C15H15Cl2N/c1-10-5-3-8-14(15(10)17)18-11(2)12-6-4-7-13(16)9-12/h3-9,11,18H,1-2H3. The molecule has 0 radical (unpaired) electrons. The van der Waals surface area contributed by atoms with Crippen molar-refractivity contribution in [3.8, 4) is 0 Å². The molecule has 1 nitrogen and oxygen atoms in total. The first kappa shape index (κ1) is 13.3. The van der Waals surface area contributed by atoms with Gasteiger partial charge < -0.3 is 5.32 Å². The van der Waals surface area contributed by atoms with Crippen molar-refractivity contribution in [2.24, 2.45) is 0 Å². The van der Waals surface area contributed by atoms with Crippen molar-refractivity contribution in [2.75, 3.05) is 5.32 Å². The van der Waals surface area contributed by atoms with Gasteiger partial charge in [0.15, 0.2) is 0 Å². The Kier molecular flexibility index (Phi) is 4.15. The Bertz CT molecular complexity index is 552. The van der Waals surface area contributed by atoms with Crippen LogP contribution in [0, 0.1) is 6.92 Å². The van der Waals surface area contributed by atoms with Crippen LogP contribution in [-0.4, -0.2) is 0 Å². The van der Waals surface area contributed by atoms with Gasteiger partial charge in [-0.15, -0.1) is 0 Å². The molecule has 0 amide bonds. The van der Waals surface area contributed by atoms with Crippen molar-refractivity contribution in [1.29, 1.82) is 0 Å². The van der Waals surface area contributed by atoms with Crippen LogP contribution in [0.5, 0.6) is 0 Å². The Labute approximate surface area is 118 Å². The van der Waals surface area contributed by atoms with Crippen LogP contribution in [0.3, 0.4) is 0 Å². The number of benzene rings is 2. The van der Waals surface area contributed by atoms with Crippen molar-refractivity contribution in [3.05, 3.63) is 63.6 Å². The maximum atomic E-state index is 6.27. The predicted octanol–water partition coefficient (Wildman–Crippen LogP) is 5.47. The van der Waals surface area contributed by atoms with Gasteiger partial charge in [-0.1, -0.05) is 47.5 Å². The van der Waals surface area contributed by atoms with E-state index in [4.69, 9.17) is 23.2 Å². The summed E-state index contributed by atoms with van der Waals surface area (Å²) in [4.78, 5) is 0. The Morgan fingerprint density at radius 3 is 2.50 bits per heavy atom. The van der Waals surface area contributed by atoms with Crippen LogP contribution < -0.4 is 5.32 Å². The third kappa shape index (κ3) is 2.98. The van der Waals surface area contributed by atoms with E-state index >= 15 is 0 Å². The lowest BCUT2D eigenvalue weighted by Crippen LogP contribution is -2.07. The molecule has 3 heteroatoms. The van der Waals surface area contributed by atoms with Crippen LogP contribution in [0.4, 0.5) is 5.69 Å². The molecule has 0 saturated heterocycles. The Morgan fingerprint density at radius 1 is 1.06 bits per heavy atom. The van der Waals surface area contributed by atoms with Crippen LogP contribution in [0.2, 0.25) is 10.0 Å². The average Bonchev–Trinajstić information content (AvgIpc) is 2.35. The minimum atomic E-state index is 0.156. The summed E-state index contributed by atoms with van der Waals surface area (Å²) in [5.74, 6) is 0. The molecule has 0 aliphatic heterocycles. The molecule has 0 aromatic heterocycles. The van der Waals surface area contributed by atoms with Crippen molar-refractivity contribution in [3.63, 3.8) is 0 Å². The second-order valence-corrected chi connectivity index (χ2v) is 5.17. The zero-order valence-electron chi connectivity index (χ0n) is 10.4. The molecule has 1 unspecified atom stereocenters. The number of aryl methyl sites for hydroxylation is 1. The normalized spacial score (nSPS) is 12.2. The molecular weight excluding hydrogens is 265 g/mol. The summed E-state index contributed by atoms with van der Waals surface area (Å²) >= 11 is 12.3. The quantitative estimate of drug-likeness (QED) is 0.785. The fourth-order valence-electron chi connectivity index (χ4n) is 1.85. The van der Waals surface area contributed by atoms with Gasteiger partial charge in [-0.2, -0.15) is 0 Å². The first-order valence-corrected chi connectivity index (χ1v) is 6.60. The zero-order valence-corrected chi connectivity index (χ0v) is 11.9. The summed E-state index contributed by atoms with van der Waals surface area (Å²) in [5, 5.41) is 4.92. The largest absolute Gasteiger partial charge is 0.377 e. The number of anilines is 1. The molecule has 0 spiro atoms. The van der Waals surface area contributed by atoms with Crippen LogP contribution >= 0.6 is 23.2 Å². The van der Waals surface area contributed by atoms with E-state index in [1.807, 2.05) is 49.4 Å². The number of hydrogen-bond donors (Lipinski definition) is 1. The molecule has 0 heterocycles. The van der Waals surface area contributed by atoms with E-state index in [0.717, 1.165) is 26.9 Å². The van der Waals surface area contributed by atoms with E-state index in [0.29, 0.717) is 0 Å². The molecule has 1 N–H and O–H groups in total. The highest BCUT2D eigenvalue weighted by molar-refractivity contribution is 6.34. The van der Waals surface area contributed by atoms with Crippen LogP contribution in [0.15, 0.2) is 42.5 Å². The monoisotopic (exact) mass is 279 g/mol. The minimum Gasteiger partial charge on any atom is -0.377 e. The lowest BCUT2D eigenvalue weighted by atomic mass is 10.1. The zero-order chi connectivity index (χ0) is 13.1. The van der Waals surface area contributed by atoms with Crippen molar-refractivity contribution >= 4 is 28.9 Å². The van der Waals surface area contributed by atoms with Gasteiger partial charge in [0.1, 0.15) is 0 Å². The van der Waals surface area contributed by atoms with Gasteiger partial charge >= 0.3 is 0 Å². The average molecular weight is 280 g/mol. The first-order valence-electron chi connectivity index (χ1n) is 5.85. The summed E-state index contributed by atoms with van der Waals surface area (Å²) in [7, 11) is 0. The van der Waals surface area contributed by atoms with E-state index in [9.17, 15) is 0 Å². The molecule has 0 aliphatic rings. The second-order valence-electron chi connectivity index (χ2n) is 4.36. The summed E-state index contributed by atoms with van der Waals surface area (Å²) in [6.07, 6.45) is 0. The van der Waals surface area contributed by atoms with E-state index < -0.39 is 0 Å². The van der Waals surface area contributed by atoms with Crippen LogP contribution in [0.25, 0.3) is 0 Å². The van der Waals surface area contributed by atoms with Gasteiger partial charge in [-0.25, -0.2) is 0 Å². The maximum absolute atomic E-state index is 6.27. The summed E-state index contributed by atoms with van der Waals surface area (Å²) < 4.78 is 0. The van der Waals surface area contributed by atoms with E-state index in [-0.39, 0.29) is 6.04 Å². The molecule has 0 aliphatic carbocycles. The van der Waals surface area contributed by atoms with Crippen molar-refractivity contribution in [1.82, 2.24) is 0 Å². The second kappa shape index (κ2) is 5.64. The third-order valence-electron chi connectivity index (χ3n) is 2.91. The molecule has 1 atom stereocenters. The van der Waals surface area contributed by atoms with Gasteiger partial charge in [0.2, 0.25) is 0 Å². The van der Waals surface area contributed by atoms with E-state index in [2.05, 4.69) is 12.2 Å². The first-order chi connectivity index (χ1) is 8.58. The Hall–Kier alpha value is -1.18. The molecule has 0 saturated carbocycles. The molecule has 18 heavy (non-hydrogen) atoms. The fraction of sp³-hybridized carbons (Fsp3) is 0.200. The lowest BCUT2D eigenvalue weighted by molar-refractivity contribution is 0.884. The summed E-state index contributed by atoms with van der Waals surface area (Å²) in [5.41, 5.74) is 3.16. The Morgan fingerprint density at radius 2 is 1.78 bits per heavy atom. The predicted molar refractivity (Wildman–Crippen MR) is 79.7 cm³/mol. The lowest BCUT2D eigenvalue weighted by Gasteiger charge is -2.17. The fourth-order valence-corrected chi connectivity index (χ4v) is 2.23. The molecule has 0 fully saturated rings. The molecule has 2 rings (SSSR count). The van der Waals surface area contributed by atoms with Gasteiger partial charge in [-0.3, -0.25) is 0 Å². The van der Waals surface area contributed by atoms with Gasteiger partial charge in [-0.05, 0) is 43.2 Å². The SMILES string of the molecule is Cc1cccc(NC(C)c2cccc(Cl)c2)c1Cl. The molecule has 94 valence electrons. The highest BCUT2D eigenvalue weighted by Crippen LogP contribution is 2.29. The van der Waals surface area contributed by atoms with Gasteiger partial charge in [0.25, 0.3) is 0 Å². The highest BCUT2D eigenvalue weighted by Gasteiger charge is 2.08. The number of hydrogen-bond acceptors (Lipinski definition) is 1. The van der Waals surface area contributed by atoms with Crippen LogP contribution in [-0.2, 0) is 0 Å². The Balaban J connectivity index is 2.21. The number of nitrogens with one attached hydrogen (secondary N) is 1. The third-order valence-corrected chi connectivity index (χ3v) is 3.65. The van der Waals surface area contributed by atoms with Crippen molar-refractivity contribution < 1.29 is 0 Å². The van der Waals surface area contributed by atoms with Gasteiger partial charge in [0, 0.05) is 11.1 Å². The molecule has 2 aromatic rings. The minimum absolute atomic E-state index is 0.156. The molecular formula is C15H15Cl2N. The van der Waals surface area contributed by atoms with Gasteiger partial charge in [0.05, 0.1) is 10.7 Å². The number of halogens is 2. The van der Waals surface area contributed by atoms with E-state index in [1.54, 1.807) is 0 Å². The molecule has 0 bridgehead atoms. The topological polar surface area (TPSA) is 12.0 Å². The highest BCUT2D eigenvalue weighted by atomic mass is 35.5. The molecule has 2 aromatic carbocycles. The van der Waals surface area contributed by atoms with Crippen LogP contribution in [0.1, 0.15) is 24.1 Å². The number of rotatable bonds is 3. The maximum Gasteiger partial charge on any atom is 0.0666 e.